The van der Waals surface area contributed by atoms with Gasteiger partial charge in [-0.25, -0.2) is 4.39 Å². The van der Waals surface area contributed by atoms with Gasteiger partial charge >= 0.3 is 6.18 Å². The van der Waals surface area contributed by atoms with Crippen LogP contribution in [0.25, 0.3) is 0 Å². The molecule has 0 spiro atoms. The van der Waals surface area contributed by atoms with Crippen molar-refractivity contribution in [2.45, 2.75) is 18.8 Å². The van der Waals surface area contributed by atoms with E-state index in [9.17, 15) is 22.4 Å². The fourth-order valence-electron chi connectivity index (χ4n) is 3.62. The zero-order chi connectivity index (χ0) is 23.1. The minimum Gasteiger partial charge on any atom is -0.383 e. The average molecular weight is 454 g/mol. The van der Waals surface area contributed by atoms with E-state index in [1.165, 1.54) is 36.3 Å². The third kappa shape index (κ3) is 6.75. The number of benzene rings is 2. The second kappa shape index (κ2) is 10.9. The van der Waals surface area contributed by atoms with Gasteiger partial charge in [0.1, 0.15) is 5.82 Å². The molecular weight excluding hydrogens is 428 g/mol. The highest BCUT2D eigenvalue weighted by Crippen LogP contribution is 2.29. The molecule has 0 bridgehead atoms. The predicted molar refractivity (Wildman–Crippen MR) is 111 cm³/mol. The largest absolute Gasteiger partial charge is 0.416 e. The van der Waals surface area contributed by atoms with Crippen molar-refractivity contribution in [1.82, 2.24) is 9.80 Å². The number of hydrogen-bond acceptors (Lipinski definition) is 4. The molecule has 1 saturated heterocycles. The number of alkyl halides is 3. The lowest BCUT2D eigenvalue weighted by molar-refractivity contribution is -0.137. The number of carbonyl (C=O) groups excluding carboxylic acids is 1. The average Bonchev–Trinajstić information content (AvgIpc) is 2.77. The predicted octanol–water partition coefficient (Wildman–Crippen LogP) is 3.83. The molecule has 1 atom stereocenters. The van der Waals surface area contributed by atoms with Crippen LogP contribution in [0.15, 0.2) is 48.5 Å². The monoisotopic (exact) mass is 454 g/mol. The zero-order valence-electron chi connectivity index (χ0n) is 17.8. The topological polar surface area (TPSA) is 42.0 Å². The lowest BCUT2D eigenvalue weighted by Crippen LogP contribution is -2.49. The number of amides is 1. The molecule has 32 heavy (non-hydrogen) atoms. The van der Waals surface area contributed by atoms with Crippen molar-refractivity contribution in [1.29, 1.82) is 0 Å². The Hall–Kier alpha value is -2.49. The molecule has 5 nitrogen and oxygen atoms in total. The molecule has 3 rings (SSSR count). The summed E-state index contributed by atoms with van der Waals surface area (Å²) in [6.45, 7) is 2.99. The van der Waals surface area contributed by atoms with Gasteiger partial charge in [0.05, 0.1) is 24.9 Å². The van der Waals surface area contributed by atoms with Crippen molar-refractivity contribution >= 4 is 5.91 Å². The summed E-state index contributed by atoms with van der Waals surface area (Å²) in [5, 5.41) is 0. The molecule has 1 amide bonds. The van der Waals surface area contributed by atoms with Crippen LogP contribution in [-0.4, -0.2) is 68.3 Å². The van der Waals surface area contributed by atoms with Gasteiger partial charge < -0.3 is 14.4 Å². The first-order valence-corrected chi connectivity index (χ1v) is 10.3. The van der Waals surface area contributed by atoms with E-state index in [4.69, 9.17) is 9.47 Å². The normalized spacial score (nSPS) is 17.3. The van der Waals surface area contributed by atoms with Gasteiger partial charge in [0.2, 0.25) is 0 Å². The molecule has 1 heterocycles. The van der Waals surface area contributed by atoms with Gasteiger partial charge in [-0.05, 0) is 35.9 Å². The van der Waals surface area contributed by atoms with Crippen LogP contribution in [0.5, 0.6) is 0 Å². The van der Waals surface area contributed by atoms with Crippen LogP contribution in [0.1, 0.15) is 21.5 Å². The van der Waals surface area contributed by atoms with Gasteiger partial charge in [0.25, 0.3) is 5.91 Å². The fourth-order valence-corrected chi connectivity index (χ4v) is 3.62. The second-order valence-electron chi connectivity index (χ2n) is 7.68. The highest BCUT2D eigenvalue weighted by molar-refractivity contribution is 5.94. The fraction of sp³-hybridized carbons (Fsp3) is 0.435. The molecule has 1 aliphatic heterocycles. The van der Waals surface area contributed by atoms with E-state index >= 15 is 0 Å². The smallest absolute Gasteiger partial charge is 0.383 e. The Morgan fingerprint density at radius 2 is 1.97 bits per heavy atom. The Labute approximate surface area is 184 Å². The van der Waals surface area contributed by atoms with Gasteiger partial charge in [0, 0.05) is 45.4 Å². The first kappa shape index (κ1) is 24.2. The summed E-state index contributed by atoms with van der Waals surface area (Å²) in [6, 6.07) is 10.7. The molecule has 1 unspecified atom stereocenters. The molecular formula is C23H26F4N2O3. The Morgan fingerprint density at radius 3 is 2.66 bits per heavy atom. The number of ether oxygens (including phenoxy) is 2. The summed E-state index contributed by atoms with van der Waals surface area (Å²) in [6.07, 6.45) is -4.84. The number of rotatable bonds is 8. The minimum atomic E-state index is -4.53. The number of hydrogen-bond donors (Lipinski definition) is 0. The molecule has 0 saturated carbocycles. The number of morpholine rings is 1. The van der Waals surface area contributed by atoms with Crippen molar-refractivity contribution in [2.24, 2.45) is 0 Å². The van der Waals surface area contributed by atoms with Gasteiger partial charge in [-0.15, -0.1) is 0 Å². The number of methoxy groups -OCH3 is 1. The van der Waals surface area contributed by atoms with Crippen molar-refractivity contribution in [2.75, 3.05) is 46.5 Å². The van der Waals surface area contributed by atoms with E-state index in [1.54, 1.807) is 12.1 Å². The highest BCUT2D eigenvalue weighted by Gasteiger charge is 2.32. The second-order valence-corrected chi connectivity index (χ2v) is 7.68. The first-order valence-electron chi connectivity index (χ1n) is 10.3. The summed E-state index contributed by atoms with van der Waals surface area (Å²) in [5.74, 6) is -0.803. The molecule has 2 aromatic carbocycles. The van der Waals surface area contributed by atoms with E-state index < -0.39 is 17.6 Å². The first-order chi connectivity index (χ1) is 15.3. The third-order valence-electron chi connectivity index (χ3n) is 5.26. The van der Waals surface area contributed by atoms with Crippen LogP contribution in [0.4, 0.5) is 17.6 Å². The van der Waals surface area contributed by atoms with E-state index in [-0.39, 0.29) is 37.2 Å². The van der Waals surface area contributed by atoms with Crippen LogP contribution < -0.4 is 0 Å². The standard InChI is InChI=1S/C23H26F4N2O3/c1-31-11-10-29(22(30)18-3-2-4-19(13-18)23(25,26)27)16-21-15-28(9-12-32-21)14-17-5-7-20(24)8-6-17/h2-8,13,21H,9-12,14-16H2,1H3. The zero-order valence-corrected chi connectivity index (χ0v) is 17.8. The summed E-state index contributed by atoms with van der Waals surface area (Å²) in [7, 11) is 1.49. The van der Waals surface area contributed by atoms with Crippen molar-refractivity contribution in [3.8, 4) is 0 Å². The third-order valence-corrected chi connectivity index (χ3v) is 5.26. The maximum absolute atomic E-state index is 13.1. The van der Waals surface area contributed by atoms with Crippen LogP contribution in [0.2, 0.25) is 0 Å². The summed E-state index contributed by atoms with van der Waals surface area (Å²) >= 11 is 0. The molecule has 1 fully saturated rings. The highest BCUT2D eigenvalue weighted by atomic mass is 19.4. The molecule has 174 valence electrons. The summed E-state index contributed by atoms with van der Waals surface area (Å²) < 4.78 is 63.2. The maximum Gasteiger partial charge on any atom is 0.416 e. The van der Waals surface area contributed by atoms with Crippen molar-refractivity contribution < 1.29 is 31.8 Å². The molecule has 9 heteroatoms. The number of nitrogens with zero attached hydrogens (tertiary/aromatic N) is 2. The van der Waals surface area contributed by atoms with Gasteiger partial charge in [0.15, 0.2) is 0 Å². The SMILES string of the molecule is COCCN(CC1CN(Cc2ccc(F)cc2)CCO1)C(=O)c1cccc(C(F)(F)F)c1. The van der Waals surface area contributed by atoms with Crippen LogP contribution >= 0.6 is 0 Å². The Balaban J connectivity index is 1.68. The molecule has 0 aliphatic carbocycles. The van der Waals surface area contributed by atoms with Crippen LogP contribution in [0, 0.1) is 5.82 Å². The molecule has 2 aromatic rings. The Bertz CT molecular complexity index is 890. The van der Waals surface area contributed by atoms with Gasteiger partial charge in [-0.3, -0.25) is 9.69 Å². The van der Waals surface area contributed by atoms with Crippen LogP contribution in [-0.2, 0) is 22.2 Å². The van der Waals surface area contributed by atoms with E-state index in [0.29, 0.717) is 26.2 Å². The quantitative estimate of drug-likeness (QED) is 0.569. The summed E-state index contributed by atoms with van der Waals surface area (Å²) in [4.78, 5) is 16.6. The Kier molecular flexibility index (Phi) is 8.22. The van der Waals surface area contributed by atoms with Crippen molar-refractivity contribution in [3.05, 3.63) is 71.0 Å². The lowest BCUT2D eigenvalue weighted by Gasteiger charge is -2.36. The van der Waals surface area contributed by atoms with Gasteiger partial charge in [-0.2, -0.15) is 13.2 Å². The molecule has 0 N–H and O–H groups in total. The maximum atomic E-state index is 13.1. The van der Waals surface area contributed by atoms with Crippen LogP contribution in [0.3, 0.4) is 0 Å². The summed E-state index contributed by atoms with van der Waals surface area (Å²) in [5.41, 5.74) is 0.0627. The van der Waals surface area contributed by atoms with Crippen molar-refractivity contribution in [3.63, 3.8) is 0 Å². The molecule has 0 aromatic heterocycles. The van der Waals surface area contributed by atoms with Gasteiger partial charge in [-0.1, -0.05) is 18.2 Å². The van der Waals surface area contributed by atoms with E-state index in [2.05, 4.69) is 4.90 Å². The molecule has 0 radical (unpaired) electrons. The van der Waals surface area contributed by atoms with E-state index in [0.717, 1.165) is 17.7 Å². The minimum absolute atomic E-state index is 0.0325. The number of halogens is 4. The van der Waals surface area contributed by atoms with E-state index in [1.807, 2.05) is 0 Å². The Morgan fingerprint density at radius 1 is 1.22 bits per heavy atom. The lowest BCUT2D eigenvalue weighted by atomic mass is 10.1. The number of carbonyl (C=O) groups is 1. The molecule has 1 aliphatic rings.